The van der Waals surface area contributed by atoms with Crippen LogP contribution < -0.4 is 5.32 Å². The van der Waals surface area contributed by atoms with Crippen molar-refractivity contribution in [2.75, 3.05) is 6.61 Å². The number of hydrogen-bond acceptors (Lipinski definition) is 4. The number of benzene rings is 1. The first-order valence-corrected chi connectivity index (χ1v) is 7.48. The van der Waals surface area contributed by atoms with Crippen molar-refractivity contribution >= 4 is 35.3 Å². The van der Waals surface area contributed by atoms with Gasteiger partial charge in [0.25, 0.3) is 0 Å². The second kappa shape index (κ2) is 6.90. The molecule has 120 valence electrons. The maximum atomic E-state index is 12.2. The number of ether oxygens (including phenoxy) is 1. The highest BCUT2D eigenvalue weighted by molar-refractivity contribution is 6.34. The summed E-state index contributed by atoms with van der Waals surface area (Å²) in [5, 5.41) is 12.6. The molecule has 0 saturated carbocycles. The van der Waals surface area contributed by atoms with Crippen molar-refractivity contribution in [1.82, 2.24) is 10.2 Å². The number of amides is 3. The van der Waals surface area contributed by atoms with Crippen molar-refractivity contribution in [1.29, 1.82) is 5.26 Å². The second-order valence-electron chi connectivity index (χ2n) is 4.75. The summed E-state index contributed by atoms with van der Waals surface area (Å²) < 4.78 is 4.92. The van der Waals surface area contributed by atoms with Crippen LogP contribution in [-0.2, 0) is 4.74 Å². The van der Waals surface area contributed by atoms with Crippen LogP contribution in [0.4, 0.5) is 9.59 Å². The topological polar surface area (TPSA) is 82.4 Å². The number of hydrogen-bond donors (Lipinski definition) is 1. The third-order valence-electron chi connectivity index (χ3n) is 3.23. The molecule has 2 rings (SSSR count). The van der Waals surface area contributed by atoms with Crippen LogP contribution in [0.2, 0.25) is 10.0 Å². The van der Waals surface area contributed by atoms with Crippen molar-refractivity contribution in [3.63, 3.8) is 0 Å². The zero-order valence-electron chi connectivity index (χ0n) is 12.4. The van der Waals surface area contributed by atoms with E-state index in [-0.39, 0.29) is 12.2 Å². The molecule has 1 N–H and O–H groups in total. The molecule has 1 aromatic carbocycles. The third kappa shape index (κ3) is 3.41. The summed E-state index contributed by atoms with van der Waals surface area (Å²) in [6, 6.07) is 5.00. The van der Waals surface area contributed by atoms with Gasteiger partial charge in [0, 0.05) is 15.7 Å². The van der Waals surface area contributed by atoms with Gasteiger partial charge in [0.05, 0.1) is 18.2 Å². The molecule has 3 amide bonds. The molecule has 1 aliphatic rings. The molecule has 1 aliphatic heterocycles. The summed E-state index contributed by atoms with van der Waals surface area (Å²) >= 11 is 12.0. The van der Waals surface area contributed by atoms with E-state index in [4.69, 9.17) is 27.9 Å². The first kappa shape index (κ1) is 17.1. The van der Waals surface area contributed by atoms with E-state index in [0.29, 0.717) is 21.3 Å². The maximum Gasteiger partial charge on any atom is 0.418 e. The Labute approximate surface area is 143 Å². The molecule has 0 aliphatic carbocycles. The first-order valence-electron chi connectivity index (χ1n) is 6.72. The minimum Gasteiger partial charge on any atom is -0.449 e. The number of imide groups is 1. The molecule has 1 unspecified atom stereocenters. The van der Waals surface area contributed by atoms with Gasteiger partial charge >= 0.3 is 12.1 Å². The summed E-state index contributed by atoms with van der Waals surface area (Å²) in [7, 11) is 0. The van der Waals surface area contributed by atoms with Gasteiger partial charge in [-0.05, 0) is 37.6 Å². The average Bonchev–Trinajstić information content (AvgIpc) is 2.45. The Bertz CT molecular complexity index is 720. The van der Waals surface area contributed by atoms with E-state index in [1.54, 1.807) is 26.0 Å². The fourth-order valence-corrected chi connectivity index (χ4v) is 2.86. The largest absolute Gasteiger partial charge is 0.449 e. The first-order chi connectivity index (χ1) is 10.9. The summed E-state index contributed by atoms with van der Waals surface area (Å²) in [6.45, 7) is 3.30. The number of halogens is 2. The number of rotatable bonds is 2. The maximum absolute atomic E-state index is 12.2. The van der Waals surface area contributed by atoms with Crippen LogP contribution in [0.3, 0.4) is 0 Å². The Morgan fingerprint density at radius 1 is 1.39 bits per heavy atom. The molecule has 1 heterocycles. The smallest absolute Gasteiger partial charge is 0.418 e. The minimum atomic E-state index is -0.955. The lowest BCUT2D eigenvalue weighted by Gasteiger charge is -2.34. The highest BCUT2D eigenvalue weighted by Crippen LogP contribution is 2.36. The van der Waals surface area contributed by atoms with Gasteiger partial charge in [-0.3, -0.25) is 0 Å². The van der Waals surface area contributed by atoms with Crippen molar-refractivity contribution in [2.45, 2.75) is 19.9 Å². The number of urea groups is 1. The van der Waals surface area contributed by atoms with Gasteiger partial charge in [-0.25, -0.2) is 14.5 Å². The average molecular weight is 354 g/mol. The van der Waals surface area contributed by atoms with Crippen molar-refractivity contribution < 1.29 is 14.3 Å². The summed E-state index contributed by atoms with van der Waals surface area (Å²) in [4.78, 5) is 25.3. The quantitative estimate of drug-likeness (QED) is 0.870. The lowest BCUT2D eigenvalue weighted by Crippen LogP contribution is -2.50. The van der Waals surface area contributed by atoms with Crippen LogP contribution in [0.25, 0.3) is 0 Å². The molecule has 0 bridgehead atoms. The molecular formula is C15H13Cl2N3O3. The van der Waals surface area contributed by atoms with E-state index in [9.17, 15) is 14.9 Å². The molecule has 8 heteroatoms. The molecule has 1 atom stereocenters. The van der Waals surface area contributed by atoms with Gasteiger partial charge in [-0.15, -0.1) is 0 Å². The predicted molar refractivity (Wildman–Crippen MR) is 84.9 cm³/mol. The van der Waals surface area contributed by atoms with Crippen LogP contribution in [0, 0.1) is 11.3 Å². The number of nitrogens with one attached hydrogen (secondary N) is 1. The number of nitrogens with zero attached hydrogens (tertiary/aromatic N) is 2. The van der Waals surface area contributed by atoms with Gasteiger partial charge in [-0.2, -0.15) is 5.26 Å². The standard InChI is InChI=1S/C15H13Cl2N3O3/c1-3-23-15(22)20-13(9-4-10(16)6-11(17)5-9)12(7-18)8(2)19-14(20)21/h4-6,13H,3H2,1-2H3,(H,19,21). The van der Waals surface area contributed by atoms with E-state index < -0.39 is 18.2 Å². The lowest BCUT2D eigenvalue weighted by atomic mass is 9.95. The summed E-state index contributed by atoms with van der Waals surface area (Å²) in [5.41, 5.74) is 1.01. The SMILES string of the molecule is CCOC(=O)N1C(=O)NC(C)=C(C#N)C1c1cc(Cl)cc(Cl)c1. The number of carbonyl (C=O) groups excluding carboxylic acids is 2. The van der Waals surface area contributed by atoms with Crippen molar-refractivity contribution in [3.05, 3.63) is 45.1 Å². The molecule has 0 aromatic heterocycles. The Morgan fingerprint density at radius 2 is 2.00 bits per heavy atom. The molecular weight excluding hydrogens is 341 g/mol. The Kier molecular flexibility index (Phi) is 5.14. The van der Waals surface area contributed by atoms with Crippen molar-refractivity contribution in [3.8, 4) is 6.07 Å². The number of allylic oxidation sites excluding steroid dienone is 1. The highest BCUT2D eigenvalue weighted by atomic mass is 35.5. The van der Waals surface area contributed by atoms with Gasteiger partial charge in [-0.1, -0.05) is 23.2 Å². The van der Waals surface area contributed by atoms with Crippen molar-refractivity contribution in [2.24, 2.45) is 0 Å². The summed E-state index contributed by atoms with van der Waals surface area (Å²) in [6.07, 6.45) is -0.855. The fraction of sp³-hybridized carbons (Fsp3) is 0.267. The van der Waals surface area contributed by atoms with Crippen LogP contribution >= 0.6 is 23.2 Å². The predicted octanol–water partition coefficient (Wildman–Crippen LogP) is 4.01. The molecule has 1 aromatic rings. The monoisotopic (exact) mass is 353 g/mol. The van der Waals surface area contributed by atoms with Crippen LogP contribution in [-0.4, -0.2) is 23.6 Å². The Balaban J connectivity index is 2.63. The van der Waals surface area contributed by atoms with E-state index in [1.807, 2.05) is 6.07 Å². The minimum absolute atomic E-state index is 0.0935. The van der Waals surface area contributed by atoms with E-state index in [2.05, 4.69) is 5.32 Å². The Morgan fingerprint density at radius 3 is 2.52 bits per heavy atom. The summed E-state index contributed by atoms with van der Waals surface area (Å²) in [5.74, 6) is 0. The Hall–Kier alpha value is -2.23. The molecule has 0 radical (unpaired) electrons. The van der Waals surface area contributed by atoms with E-state index in [0.717, 1.165) is 4.90 Å². The van der Waals surface area contributed by atoms with Crippen LogP contribution in [0.1, 0.15) is 25.5 Å². The van der Waals surface area contributed by atoms with E-state index in [1.165, 1.54) is 6.07 Å². The van der Waals surface area contributed by atoms with Gasteiger partial charge in [0.2, 0.25) is 0 Å². The zero-order valence-corrected chi connectivity index (χ0v) is 13.9. The van der Waals surface area contributed by atoms with E-state index >= 15 is 0 Å². The second-order valence-corrected chi connectivity index (χ2v) is 5.63. The number of nitriles is 1. The fourth-order valence-electron chi connectivity index (χ4n) is 2.31. The zero-order chi connectivity index (χ0) is 17.1. The normalized spacial score (nSPS) is 17.6. The molecule has 0 saturated heterocycles. The third-order valence-corrected chi connectivity index (χ3v) is 3.67. The molecule has 0 fully saturated rings. The highest BCUT2D eigenvalue weighted by Gasteiger charge is 2.39. The number of carbonyl (C=O) groups is 2. The van der Waals surface area contributed by atoms with Gasteiger partial charge < -0.3 is 10.1 Å². The lowest BCUT2D eigenvalue weighted by molar-refractivity contribution is 0.104. The van der Waals surface area contributed by atoms with Gasteiger partial charge in [0.15, 0.2) is 0 Å². The molecule has 0 spiro atoms. The van der Waals surface area contributed by atoms with Gasteiger partial charge in [0.1, 0.15) is 6.04 Å². The van der Waals surface area contributed by atoms with Crippen LogP contribution in [0.5, 0.6) is 0 Å². The molecule has 23 heavy (non-hydrogen) atoms. The molecule has 6 nitrogen and oxygen atoms in total. The van der Waals surface area contributed by atoms with Crippen LogP contribution in [0.15, 0.2) is 29.5 Å².